The first-order chi connectivity index (χ1) is 11.1. The Morgan fingerprint density at radius 2 is 1.25 bits per heavy atom. The molecule has 2 atom stereocenters. The highest BCUT2D eigenvalue weighted by atomic mass is 32.2. The van der Waals surface area contributed by atoms with Crippen LogP contribution in [0.15, 0.2) is 65.6 Å². The predicted octanol–water partition coefficient (Wildman–Crippen LogP) is 5.16. The fraction of sp³-hybridized carbons (Fsp3) is 0.400. The van der Waals surface area contributed by atoms with Crippen LogP contribution in [0.5, 0.6) is 0 Å². The molecule has 0 fully saturated rings. The smallest absolute Gasteiger partial charge is 0.0582 e. The number of thioether (sulfide) groups is 1. The fourth-order valence-electron chi connectivity index (χ4n) is 3.17. The molecule has 4 heteroatoms. The Morgan fingerprint density at radius 1 is 0.792 bits per heavy atom. The zero-order valence-electron chi connectivity index (χ0n) is 15.7. The first-order valence-corrected chi connectivity index (χ1v) is 16.5. The summed E-state index contributed by atoms with van der Waals surface area (Å²) in [6, 6.07) is 20.5. The highest BCUT2D eigenvalue weighted by Gasteiger charge is 2.46. The maximum Gasteiger partial charge on any atom is 0.0582 e. The van der Waals surface area contributed by atoms with Gasteiger partial charge in [-0.05, 0) is 17.0 Å². The molecular weight excluding hydrogens is 344 g/mol. The second kappa shape index (κ2) is 7.20. The lowest BCUT2D eigenvalue weighted by Crippen LogP contribution is -2.70. The molecule has 0 bridgehead atoms. The summed E-state index contributed by atoms with van der Waals surface area (Å²) < 4.78 is 0. The predicted molar refractivity (Wildman–Crippen MR) is 111 cm³/mol. The molecule has 0 saturated heterocycles. The summed E-state index contributed by atoms with van der Waals surface area (Å²) >= 11 is 1.81. The Balaban J connectivity index is 2.58. The van der Waals surface area contributed by atoms with Crippen LogP contribution in [0.4, 0.5) is 0 Å². The molecule has 0 heterocycles. The van der Waals surface area contributed by atoms with E-state index in [2.05, 4.69) is 63.5 Å². The van der Waals surface area contributed by atoms with E-state index in [0.29, 0.717) is 0 Å². The molecule has 0 saturated carbocycles. The van der Waals surface area contributed by atoms with E-state index in [0.717, 1.165) is 5.56 Å². The van der Waals surface area contributed by atoms with Gasteiger partial charge in [-0.1, -0.05) is 98.6 Å². The second-order valence-corrected chi connectivity index (χ2v) is 20.7. The SMILES string of the molecule is C[Si](C)(C)C(Sc1ccccc1)C([O-])(c1ccccc1)[Si](C)(C)C. The van der Waals surface area contributed by atoms with Gasteiger partial charge in [0.2, 0.25) is 0 Å². The molecule has 0 aliphatic rings. The van der Waals surface area contributed by atoms with Crippen molar-refractivity contribution in [1.29, 1.82) is 0 Å². The molecule has 0 aromatic heterocycles. The zero-order valence-corrected chi connectivity index (χ0v) is 18.5. The van der Waals surface area contributed by atoms with Gasteiger partial charge in [-0.3, -0.25) is 0 Å². The van der Waals surface area contributed by atoms with Crippen molar-refractivity contribution in [3.63, 3.8) is 0 Å². The van der Waals surface area contributed by atoms with E-state index in [1.54, 1.807) is 0 Å². The molecule has 0 aliphatic heterocycles. The molecule has 1 nitrogen and oxygen atoms in total. The minimum absolute atomic E-state index is 0.0986. The molecule has 0 spiro atoms. The minimum atomic E-state index is -2.02. The van der Waals surface area contributed by atoms with Crippen molar-refractivity contribution in [2.75, 3.05) is 0 Å². The van der Waals surface area contributed by atoms with E-state index in [1.807, 2.05) is 48.2 Å². The van der Waals surface area contributed by atoms with Gasteiger partial charge in [0, 0.05) is 13.0 Å². The van der Waals surface area contributed by atoms with Crippen molar-refractivity contribution in [2.45, 2.75) is 54.3 Å². The average Bonchev–Trinajstić information content (AvgIpc) is 2.51. The van der Waals surface area contributed by atoms with Gasteiger partial charge in [0.1, 0.15) is 0 Å². The Kier molecular flexibility index (Phi) is 5.85. The van der Waals surface area contributed by atoms with Crippen molar-refractivity contribution < 1.29 is 5.11 Å². The number of rotatable bonds is 6. The summed E-state index contributed by atoms with van der Waals surface area (Å²) in [7, 11) is -3.73. The van der Waals surface area contributed by atoms with E-state index in [-0.39, 0.29) is 4.87 Å². The molecule has 2 aromatic carbocycles. The lowest BCUT2D eigenvalue weighted by atomic mass is 10.1. The highest BCUT2D eigenvalue weighted by molar-refractivity contribution is 8.01. The number of hydrogen-bond acceptors (Lipinski definition) is 2. The van der Waals surface area contributed by atoms with Gasteiger partial charge in [-0.25, -0.2) is 0 Å². The van der Waals surface area contributed by atoms with E-state index >= 15 is 0 Å². The standard InChI is InChI=1S/C20H29OSSi2/c1-23(2,3)19(22-18-15-11-8-12-16-18)20(21,24(4,5)6)17-13-9-7-10-14-17/h7-16,19H,1-6H3/q-1. The van der Waals surface area contributed by atoms with Gasteiger partial charge >= 0.3 is 0 Å². The largest absolute Gasteiger partial charge is 0.848 e. The Morgan fingerprint density at radius 3 is 1.67 bits per heavy atom. The maximum absolute atomic E-state index is 14.6. The summed E-state index contributed by atoms with van der Waals surface area (Å²) in [5.74, 6) is 0. The van der Waals surface area contributed by atoms with Crippen LogP contribution < -0.4 is 5.11 Å². The summed E-state index contributed by atoms with van der Waals surface area (Å²) in [5, 5.41) is 13.6. The van der Waals surface area contributed by atoms with Crippen LogP contribution in [-0.4, -0.2) is 21.0 Å². The Bertz CT molecular complexity index is 647. The first kappa shape index (κ1) is 19.5. The van der Waals surface area contributed by atoms with Crippen LogP contribution in [-0.2, 0) is 5.22 Å². The molecule has 2 aromatic rings. The molecule has 130 valence electrons. The van der Waals surface area contributed by atoms with Crippen LogP contribution in [0.25, 0.3) is 0 Å². The minimum Gasteiger partial charge on any atom is -0.848 e. The summed E-state index contributed by atoms with van der Waals surface area (Å²) in [5.41, 5.74) is 0.972. The van der Waals surface area contributed by atoms with Gasteiger partial charge in [-0.2, -0.15) is 0 Å². The van der Waals surface area contributed by atoms with Crippen molar-refractivity contribution in [3.8, 4) is 0 Å². The van der Waals surface area contributed by atoms with Crippen molar-refractivity contribution >= 4 is 27.9 Å². The van der Waals surface area contributed by atoms with E-state index < -0.39 is 21.4 Å². The van der Waals surface area contributed by atoms with Gasteiger partial charge < -0.3 is 5.11 Å². The van der Waals surface area contributed by atoms with E-state index in [1.165, 1.54) is 4.90 Å². The van der Waals surface area contributed by atoms with Crippen molar-refractivity contribution in [3.05, 3.63) is 66.2 Å². The first-order valence-electron chi connectivity index (χ1n) is 8.54. The lowest BCUT2D eigenvalue weighted by molar-refractivity contribution is -0.452. The Hall–Kier alpha value is -0.816. The van der Waals surface area contributed by atoms with Crippen LogP contribution in [0.3, 0.4) is 0 Å². The highest BCUT2D eigenvalue weighted by Crippen LogP contribution is 2.44. The normalized spacial score (nSPS) is 16.5. The lowest BCUT2D eigenvalue weighted by Gasteiger charge is -2.59. The van der Waals surface area contributed by atoms with Crippen molar-refractivity contribution in [1.82, 2.24) is 0 Å². The van der Waals surface area contributed by atoms with Crippen LogP contribution in [0.1, 0.15) is 5.56 Å². The van der Waals surface area contributed by atoms with Gasteiger partial charge in [-0.15, -0.1) is 11.8 Å². The molecular formula is C20H29OSSi2-. The van der Waals surface area contributed by atoms with Crippen molar-refractivity contribution in [2.24, 2.45) is 0 Å². The summed E-state index contributed by atoms with van der Waals surface area (Å²) in [6.45, 7) is 13.7. The molecule has 0 amide bonds. The Labute approximate surface area is 153 Å². The molecule has 2 rings (SSSR count). The molecule has 24 heavy (non-hydrogen) atoms. The third kappa shape index (κ3) is 4.05. The van der Waals surface area contributed by atoms with Crippen LogP contribution >= 0.6 is 11.8 Å². The summed E-state index contributed by atoms with van der Waals surface area (Å²) in [6.07, 6.45) is 0. The summed E-state index contributed by atoms with van der Waals surface area (Å²) in [4.78, 5) is 1.31. The molecule has 0 N–H and O–H groups in total. The van der Waals surface area contributed by atoms with E-state index in [9.17, 15) is 5.11 Å². The molecule has 0 aliphatic carbocycles. The third-order valence-corrected chi connectivity index (χ3v) is 13.3. The third-order valence-electron chi connectivity index (χ3n) is 4.47. The maximum atomic E-state index is 14.6. The zero-order chi connectivity index (χ0) is 18.0. The number of hydrogen-bond donors (Lipinski definition) is 0. The molecule has 2 unspecified atom stereocenters. The topological polar surface area (TPSA) is 23.1 Å². The van der Waals surface area contributed by atoms with Gasteiger partial charge in [0.05, 0.1) is 8.07 Å². The average molecular weight is 374 g/mol. The monoisotopic (exact) mass is 373 g/mol. The van der Waals surface area contributed by atoms with Gasteiger partial charge in [0.15, 0.2) is 0 Å². The number of benzene rings is 2. The quantitative estimate of drug-likeness (QED) is 0.516. The van der Waals surface area contributed by atoms with Crippen LogP contribution in [0, 0.1) is 0 Å². The fourth-order valence-corrected chi connectivity index (χ4v) is 12.9. The van der Waals surface area contributed by atoms with E-state index in [4.69, 9.17) is 0 Å². The van der Waals surface area contributed by atoms with Crippen LogP contribution in [0.2, 0.25) is 39.3 Å². The molecule has 0 radical (unpaired) electrons. The second-order valence-electron chi connectivity index (χ2n) is 8.53. The van der Waals surface area contributed by atoms with Gasteiger partial charge in [0.25, 0.3) is 0 Å².